The van der Waals surface area contributed by atoms with E-state index in [9.17, 15) is 19.2 Å². The zero-order valence-corrected chi connectivity index (χ0v) is 22.8. The fraction of sp³-hybridized carbons (Fsp3) is 0.448. The van der Waals surface area contributed by atoms with Gasteiger partial charge in [-0.15, -0.1) is 12.4 Å². The van der Waals surface area contributed by atoms with Gasteiger partial charge in [-0.1, -0.05) is 60.7 Å². The van der Waals surface area contributed by atoms with E-state index in [1.807, 2.05) is 60.7 Å². The fourth-order valence-electron chi connectivity index (χ4n) is 5.40. The molecule has 0 spiro atoms. The Balaban J connectivity index is 0.00000420. The molecule has 0 radical (unpaired) electrons. The lowest BCUT2D eigenvalue weighted by Gasteiger charge is -2.32. The minimum Gasteiger partial charge on any atom is -0.459 e. The molecule has 0 aliphatic carbocycles. The fourth-order valence-corrected chi connectivity index (χ4v) is 5.40. The van der Waals surface area contributed by atoms with Crippen molar-refractivity contribution in [3.8, 4) is 0 Å². The Morgan fingerprint density at radius 3 is 2.03 bits per heavy atom. The van der Waals surface area contributed by atoms with Gasteiger partial charge in [-0.25, -0.2) is 4.79 Å². The van der Waals surface area contributed by atoms with Gasteiger partial charge in [-0.3, -0.25) is 14.4 Å². The summed E-state index contributed by atoms with van der Waals surface area (Å²) in [6.07, 6.45) is 2.87. The van der Waals surface area contributed by atoms with E-state index in [1.54, 1.807) is 4.90 Å². The zero-order valence-electron chi connectivity index (χ0n) is 21.9. The number of primary amides is 1. The molecule has 2 aliphatic rings. The van der Waals surface area contributed by atoms with Crippen molar-refractivity contribution in [3.05, 3.63) is 71.8 Å². The molecule has 2 fully saturated rings. The number of hydrogen-bond donors (Lipinski definition) is 2. The molecule has 2 aliphatic heterocycles. The lowest BCUT2D eigenvalue weighted by atomic mass is 9.92. The van der Waals surface area contributed by atoms with Gasteiger partial charge in [-0.2, -0.15) is 0 Å². The van der Waals surface area contributed by atoms with Crippen LogP contribution in [0, 0.1) is 5.92 Å². The first-order valence-electron chi connectivity index (χ1n) is 13.3. The Morgan fingerprint density at radius 1 is 0.846 bits per heavy atom. The number of esters is 1. The molecular weight excluding hydrogens is 520 g/mol. The van der Waals surface area contributed by atoms with E-state index in [0.29, 0.717) is 45.2 Å². The average molecular weight is 557 g/mol. The molecule has 1 unspecified atom stereocenters. The number of rotatable bonds is 10. The van der Waals surface area contributed by atoms with Crippen LogP contribution in [0.2, 0.25) is 0 Å². The van der Waals surface area contributed by atoms with Gasteiger partial charge in [0.2, 0.25) is 17.7 Å². The number of amides is 3. The van der Waals surface area contributed by atoms with Crippen LogP contribution in [0.4, 0.5) is 0 Å². The summed E-state index contributed by atoms with van der Waals surface area (Å²) in [5.74, 6) is -2.17. The van der Waals surface area contributed by atoms with Gasteiger partial charge in [0.1, 0.15) is 18.7 Å². The van der Waals surface area contributed by atoms with Crippen molar-refractivity contribution in [1.29, 1.82) is 0 Å². The van der Waals surface area contributed by atoms with E-state index in [-0.39, 0.29) is 37.2 Å². The van der Waals surface area contributed by atoms with Crippen molar-refractivity contribution >= 4 is 36.1 Å². The highest BCUT2D eigenvalue weighted by molar-refractivity contribution is 5.93. The summed E-state index contributed by atoms with van der Waals surface area (Å²) in [5.41, 5.74) is 13.7. The highest BCUT2D eigenvalue weighted by atomic mass is 35.5. The Morgan fingerprint density at radius 2 is 1.41 bits per heavy atom. The van der Waals surface area contributed by atoms with Crippen LogP contribution in [-0.4, -0.2) is 64.7 Å². The normalized spacial score (nSPS) is 20.1. The van der Waals surface area contributed by atoms with Crippen molar-refractivity contribution in [3.63, 3.8) is 0 Å². The molecule has 0 saturated carbocycles. The van der Waals surface area contributed by atoms with Gasteiger partial charge in [0.25, 0.3) is 0 Å². The maximum Gasteiger partial charge on any atom is 0.329 e. The number of ether oxygens (including phenoxy) is 1. The molecule has 210 valence electrons. The number of nitrogens with two attached hydrogens (primary N) is 2. The van der Waals surface area contributed by atoms with Crippen LogP contribution in [0.3, 0.4) is 0 Å². The smallest absolute Gasteiger partial charge is 0.329 e. The zero-order chi connectivity index (χ0) is 27.1. The number of halogens is 1. The molecule has 0 aromatic heterocycles. The predicted molar refractivity (Wildman–Crippen MR) is 148 cm³/mol. The van der Waals surface area contributed by atoms with E-state index < -0.39 is 35.9 Å². The highest BCUT2D eigenvalue weighted by Gasteiger charge is 2.43. The SMILES string of the molecule is Cl.NC(=O)C(Cc1ccccc1)C[C@H](N)C(=O)N1CCC[C@H]1C(=O)N1CCC[C@H]1C(=O)OCc1ccccc1. The van der Waals surface area contributed by atoms with Crippen molar-refractivity contribution in [2.45, 2.75) is 63.3 Å². The van der Waals surface area contributed by atoms with Gasteiger partial charge in [0, 0.05) is 19.0 Å². The molecule has 2 heterocycles. The molecule has 10 heteroatoms. The topological polar surface area (TPSA) is 136 Å². The molecule has 2 aromatic carbocycles. The lowest BCUT2D eigenvalue weighted by molar-refractivity contribution is -0.156. The van der Waals surface area contributed by atoms with E-state index in [4.69, 9.17) is 16.2 Å². The summed E-state index contributed by atoms with van der Waals surface area (Å²) in [4.78, 5) is 54.9. The number of hydrogen-bond acceptors (Lipinski definition) is 6. The minimum atomic E-state index is -0.963. The number of benzene rings is 2. The molecule has 39 heavy (non-hydrogen) atoms. The Labute approximate surface area is 235 Å². The molecule has 0 bridgehead atoms. The van der Waals surface area contributed by atoms with E-state index >= 15 is 0 Å². The van der Waals surface area contributed by atoms with Crippen LogP contribution < -0.4 is 11.5 Å². The van der Waals surface area contributed by atoms with Crippen LogP contribution in [0.5, 0.6) is 0 Å². The van der Waals surface area contributed by atoms with E-state index in [0.717, 1.165) is 11.1 Å². The van der Waals surface area contributed by atoms with Crippen molar-refractivity contribution in [1.82, 2.24) is 9.80 Å². The van der Waals surface area contributed by atoms with Gasteiger partial charge in [-0.05, 0) is 49.7 Å². The number of carbonyl (C=O) groups excluding carboxylic acids is 4. The molecule has 2 aromatic rings. The average Bonchev–Trinajstić information content (AvgIpc) is 3.62. The first-order chi connectivity index (χ1) is 18.3. The van der Waals surface area contributed by atoms with Crippen LogP contribution in [0.15, 0.2) is 60.7 Å². The highest BCUT2D eigenvalue weighted by Crippen LogP contribution is 2.27. The molecule has 4 atom stereocenters. The second kappa shape index (κ2) is 14.1. The van der Waals surface area contributed by atoms with Crippen LogP contribution in [-0.2, 0) is 36.9 Å². The van der Waals surface area contributed by atoms with Gasteiger partial charge in [0.15, 0.2) is 0 Å². The second-order valence-corrected chi connectivity index (χ2v) is 10.1. The summed E-state index contributed by atoms with van der Waals surface area (Å²) in [6, 6.07) is 16.5. The van der Waals surface area contributed by atoms with E-state index in [1.165, 1.54) is 4.90 Å². The van der Waals surface area contributed by atoms with Gasteiger partial charge >= 0.3 is 5.97 Å². The quantitative estimate of drug-likeness (QED) is 0.431. The Hall–Kier alpha value is -3.43. The van der Waals surface area contributed by atoms with Crippen molar-refractivity contribution in [2.24, 2.45) is 17.4 Å². The van der Waals surface area contributed by atoms with E-state index in [2.05, 4.69) is 0 Å². The second-order valence-electron chi connectivity index (χ2n) is 10.1. The summed E-state index contributed by atoms with van der Waals surface area (Å²) in [7, 11) is 0. The predicted octanol–water partition coefficient (Wildman–Crippen LogP) is 2.20. The van der Waals surface area contributed by atoms with Gasteiger partial charge in [0.05, 0.1) is 6.04 Å². The third-order valence-corrected chi connectivity index (χ3v) is 7.44. The summed E-state index contributed by atoms with van der Waals surface area (Å²) >= 11 is 0. The molecule has 3 amide bonds. The third kappa shape index (κ3) is 7.58. The maximum atomic E-state index is 13.6. The number of nitrogens with zero attached hydrogens (tertiary/aromatic N) is 2. The minimum absolute atomic E-state index is 0. The largest absolute Gasteiger partial charge is 0.459 e. The Bertz CT molecular complexity index is 1130. The molecule has 9 nitrogen and oxygen atoms in total. The number of likely N-dealkylation sites (tertiary alicyclic amines) is 2. The summed E-state index contributed by atoms with van der Waals surface area (Å²) in [5, 5.41) is 0. The molecular formula is C29H37ClN4O5. The standard InChI is InChI=1S/C29H36N4O5.ClH/c30-23(18-22(26(31)34)17-20-9-3-1-4-10-20)27(35)32-15-7-13-24(32)28(36)33-16-8-14-25(33)29(37)38-19-21-11-5-2-6-12-21;/h1-6,9-12,22-25H,7-8,13-19,30H2,(H2,31,34);1H/t22?,23-,24-,25-;/m0./s1. The first kappa shape index (κ1) is 30.1. The Kier molecular flexibility index (Phi) is 10.9. The van der Waals surface area contributed by atoms with Crippen LogP contribution in [0.1, 0.15) is 43.2 Å². The lowest BCUT2D eigenvalue weighted by Crippen LogP contribution is -2.54. The third-order valence-electron chi connectivity index (χ3n) is 7.44. The first-order valence-corrected chi connectivity index (χ1v) is 13.3. The monoisotopic (exact) mass is 556 g/mol. The maximum absolute atomic E-state index is 13.6. The van der Waals surface area contributed by atoms with Crippen LogP contribution in [0.25, 0.3) is 0 Å². The van der Waals surface area contributed by atoms with Crippen molar-refractivity contribution < 1.29 is 23.9 Å². The summed E-state index contributed by atoms with van der Waals surface area (Å²) < 4.78 is 5.51. The molecule has 4 N–H and O–H groups in total. The molecule has 2 saturated heterocycles. The van der Waals surface area contributed by atoms with Crippen LogP contribution >= 0.6 is 12.4 Å². The number of carbonyl (C=O) groups is 4. The molecule has 4 rings (SSSR count). The van der Waals surface area contributed by atoms with Gasteiger partial charge < -0.3 is 26.0 Å². The summed E-state index contributed by atoms with van der Waals surface area (Å²) in [6.45, 7) is 0.986. The van der Waals surface area contributed by atoms with Crippen molar-refractivity contribution in [2.75, 3.05) is 13.1 Å².